The van der Waals surface area contributed by atoms with Crippen LogP contribution in [0.5, 0.6) is 5.75 Å². The maximum Gasteiger partial charge on any atom is 0.142 e. The lowest BCUT2D eigenvalue weighted by Crippen LogP contribution is -2.10. The van der Waals surface area contributed by atoms with Crippen LogP contribution in [0.1, 0.15) is 11.1 Å². The summed E-state index contributed by atoms with van der Waals surface area (Å²) in [6.45, 7) is 0.740. The molecule has 0 amide bonds. The summed E-state index contributed by atoms with van der Waals surface area (Å²) in [5.74, 6) is 0.869. The Bertz CT molecular complexity index is 515. The minimum Gasteiger partial charge on any atom is -0.497 e. The summed E-state index contributed by atoms with van der Waals surface area (Å²) in [6.07, 6.45) is 0. The average Bonchev–Trinajstić information content (AvgIpc) is 3.21. The molecule has 1 saturated heterocycles. The van der Waals surface area contributed by atoms with Gasteiger partial charge in [0, 0.05) is 0 Å². The highest BCUT2D eigenvalue weighted by Crippen LogP contribution is 2.45. The Hall–Kier alpha value is -1.80. The molecule has 0 spiro atoms. The van der Waals surface area contributed by atoms with E-state index in [1.807, 2.05) is 36.4 Å². The van der Waals surface area contributed by atoms with E-state index in [0.29, 0.717) is 0 Å². The molecule has 0 bridgehead atoms. The van der Waals surface area contributed by atoms with Crippen molar-refractivity contribution in [3.63, 3.8) is 0 Å². The highest BCUT2D eigenvalue weighted by atomic mass is 16.6. The molecule has 1 atom stereocenters. The number of hydrogen-bond acceptors (Lipinski definition) is 2. The van der Waals surface area contributed by atoms with Crippen molar-refractivity contribution < 1.29 is 9.47 Å². The zero-order valence-electron chi connectivity index (χ0n) is 9.72. The standard InChI is InChI=1S/C15H14O2/c1-16-14-9-5-8-13(10-14)15(11-17-15)12-6-3-2-4-7-12/h2-10H,11H2,1H3. The first-order chi connectivity index (χ1) is 8.35. The van der Waals surface area contributed by atoms with Crippen molar-refractivity contribution in [2.75, 3.05) is 13.7 Å². The molecule has 0 N–H and O–H groups in total. The highest BCUT2D eigenvalue weighted by Gasteiger charge is 2.48. The van der Waals surface area contributed by atoms with E-state index in [2.05, 4.69) is 18.2 Å². The zero-order chi connectivity index (χ0) is 11.7. The summed E-state index contributed by atoms with van der Waals surface area (Å²) >= 11 is 0. The summed E-state index contributed by atoms with van der Waals surface area (Å²) in [6, 6.07) is 18.4. The molecule has 0 aromatic heterocycles. The van der Waals surface area contributed by atoms with E-state index in [1.54, 1.807) is 7.11 Å². The summed E-state index contributed by atoms with van der Waals surface area (Å²) in [7, 11) is 1.68. The molecule has 86 valence electrons. The molecule has 2 heteroatoms. The van der Waals surface area contributed by atoms with Crippen molar-refractivity contribution in [3.05, 3.63) is 65.7 Å². The van der Waals surface area contributed by atoms with Gasteiger partial charge in [0.1, 0.15) is 11.4 Å². The molecule has 0 radical (unpaired) electrons. The number of benzene rings is 2. The number of methoxy groups -OCH3 is 1. The van der Waals surface area contributed by atoms with E-state index in [0.717, 1.165) is 17.9 Å². The minimum atomic E-state index is -0.254. The number of epoxide rings is 1. The monoisotopic (exact) mass is 226 g/mol. The molecular formula is C15H14O2. The first kappa shape index (κ1) is 10.4. The third kappa shape index (κ3) is 1.71. The molecule has 17 heavy (non-hydrogen) atoms. The molecule has 1 aliphatic heterocycles. The van der Waals surface area contributed by atoms with E-state index in [-0.39, 0.29) is 5.60 Å². The van der Waals surface area contributed by atoms with Crippen molar-refractivity contribution in [1.82, 2.24) is 0 Å². The lowest BCUT2D eigenvalue weighted by Gasteiger charge is -2.13. The third-order valence-electron chi connectivity index (χ3n) is 3.21. The lowest BCUT2D eigenvalue weighted by molar-refractivity contribution is 0.347. The summed E-state index contributed by atoms with van der Waals surface area (Å²) in [4.78, 5) is 0. The quantitative estimate of drug-likeness (QED) is 0.750. The van der Waals surface area contributed by atoms with Crippen molar-refractivity contribution in [3.8, 4) is 5.75 Å². The van der Waals surface area contributed by atoms with Crippen LogP contribution in [-0.2, 0) is 10.3 Å². The molecule has 3 rings (SSSR count). The molecule has 1 unspecified atom stereocenters. The van der Waals surface area contributed by atoms with Crippen LogP contribution < -0.4 is 4.74 Å². The van der Waals surface area contributed by atoms with Gasteiger partial charge in [-0.1, -0.05) is 42.5 Å². The normalized spacial score (nSPS) is 22.2. The van der Waals surface area contributed by atoms with Crippen LogP contribution in [0.3, 0.4) is 0 Å². The maximum atomic E-state index is 5.71. The fraction of sp³-hybridized carbons (Fsp3) is 0.200. The van der Waals surface area contributed by atoms with Gasteiger partial charge in [-0.3, -0.25) is 0 Å². The largest absolute Gasteiger partial charge is 0.497 e. The predicted octanol–water partition coefficient (Wildman–Crippen LogP) is 2.97. The Labute approximate surface area is 101 Å². The van der Waals surface area contributed by atoms with E-state index in [9.17, 15) is 0 Å². The lowest BCUT2D eigenvalue weighted by atomic mass is 9.92. The topological polar surface area (TPSA) is 21.8 Å². The van der Waals surface area contributed by atoms with Gasteiger partial charge in [0.15, 0.2) is 0 Å². The molecule has 1 fully saturated rings. The van der Waals surface area contributed by atoms with Crippen LogP contribution in [0, 0.1) is 0 Å². The molecule has 2 aromatic rings. The van der Waals surface area contributed by atoms with Crippen LogP contribution in [-0.4, -0.2) is 13.7 Å². The molecule has 0 saturated carbocycles. The average molecular weight is 226 g/mol. The van der Waals surface area contributed by atoms with Gasteiger partial charge in [-0.25, -0.2) is 0 Å². The molecule has 2 aromatic carbocycles. The van der Waals surface area contributed by atoms with Gasteiger partial charge >= 0.3 is 0 Å². The fourth-order valence-electron chi connectivity index (χ4n) is 2.15. The Kier molecular flexibility index (Phi) is 2.37. The molecule has 1 heterocycles. The summed E-state index contributed by atoms with van der Waals surface area (Å²) < 4.78 is 11.0. The van der Waals surface area contributed by atoms with Gasteiger partial charge in [-0.15, -0.1) is 0 Å². The van der Waals surface area contributed by atoms with Gasteiger partial charge < -0.3 is 9.47 Å². The van der Waals surface area contributed by atoms with Crippen molar-refractivity contribution >= 4 is 0 Å². The summed E-state index contributed by atoms with van der Waals surface area (Å²) in [5, 5.41) is 0. The number of rotatable bonds is 3. The van der Waals surface area contributed by atoms with E-state index < -0.39 is 0 Å². The Morgan fingerprint density at radius 1 is 1.00 bits per heavy atom. The van der Waals surface area contributed by atoms with Crippen LogP contribution >= 0.6 is 0 Å². The zero-order valence-corrected chi connectivity index (χ0v) is 9.72. The van der Waals surface area contributed by atoms with Gasteiger partial charge in [0.05, 0.1) is 13.7 Å². The van der Waals surface area contributed by atoms with Crippen molar-refractivity contribution in [1.29, 1.82) is 0 Å². The summed E-state index contributed by atoms with van der Waals surface area (Å²) in [5.41, 5.74) is 2.10. The van der Waals surface area contributed by atoms with Gasteiger partial charge in [-0.05, 0) is 23.3 Å². The maximum absolute atomic E-state index is 5.71. The van der Waals surface area contributed by atoms with E-state index in [4.69, 9.17) is 9.47 Å². The molecule has 1 aliphatic rings. The third-order valence-corrected chi connectivity index (χ3v) is 3.21. The Balaban J connectivity index is 2.03. The fourth-order valence-corrected chi connectivity index (χ4v) is 2.15. The van der Waals surface area contributed by atoms with Gasteiger partial charge in [0.2, 0.25) is 0 Å². The van der Waals surface area contributed by atoms with Crippen LogP contribution in [0.2, 0.25) is 0 Å². The van der Waals surface area contributed by atoms with Crippen molar-refractivity contribution in [2.24, 2.45) is 0 Å². The smallest absolute Gasteiger partial charge is 0.142 e. The molecule has 0 aliphatic carbocycles. The first-order valence-electron chi connectivity index (χ1n) is 5.69. The SMILES string of the molecule is COc1cccc(C2(c3ccccc3)CO2)c1. The van der Waals surface area contributed by atoms with Crippen LogP contribution in [0.4, 0.5) is 0 Å². The van der Waals surface area contributed by atoms with Gasteiger partial charge in [-0.2, -0.15) is 0 Å². The van der Waals surface area contributed by atoms with Crippen LogP contribution in [0.15, 0.2) is 54.6 Å². The second-order valence-corrected chi connectivity index (χ2v) is 4.21. The Morgan fingerprint density at radius 2 is 1.71 bits per heavy atom. The number of hydrogen-bond donors (Lipinski definition) is 0. The Morgan fingerprint density at radius 3 is 2.35 bits per heavy atom. The van der Waals surface area contributed by atoms with Crippen LogP contribution in [0.25, 0.3) is 0 Å². The highest BCUT2D eigenvalue weighted by molar-refractivity contribution is 5.43. The predicted molar refractivity (Wildman–Crippen MR) is 66.2 cm³/mol. The molecule has 2 nitrogen and oxygen atoms in total. The van der Waals surface area contributed by atoms with Crippen molar-refractivity contribution in [2.45, 2.75) is 5.60 Å². The molecular weight excluding hydrogens is 212 g/mol. The second-order valence-electron chi connectivity index (χ2n) is 4.21. The first-order valence-corrected chi connectivity index (χ1v) is 5.69. The van der Waals surface area contributed by atoms with E-state index >= 15 is 0 Å². The van der Waals surface area contributed by atoms with Gasteiger partial charge in [0.25, 0.3) is 0 Å². The minimum absolute atomic E-state index is 0.254. The second kappa shape index (κ2) is 3.90. The van der Waals surface area contributed by atoms with E-state index in [1.165, 1.54) is 5.56 Å². The number of ether oxygens (including phenoxy) is 2.